The average Bonchev–Trinajstić information content (AvgIpc) is 3.65. The number of ether oxygens (including phenoxy) is 3. The number of hydrogen-bond donors (Lipinski definition) is 2. The van der Waals surface area contributed by atoms with Gasteiger partial charge in [0.25, 0.3) is 17.4 Å². The van der Waals surface area contributed by atoms with Crippen LogP contribution in [-0.4, -0.2) is 66.7 Å². The van der Waals surface area contributed by atoms with Gasteiger partial charge >= 0.3 is 11.4 Å². The van der Waals surface area contributed by atoms with Crippen molar-refractivity contribution in [2.24, 2.45) is 13.0 Å². The van der Waals surface area contributed by atoms with Crippen LogP contribution in [0.3, 0.4) is 0 Å². The Morgan fingerprint density at radius 1 is 0.852 bits per heavy atom. The van der Waals surface area contributed by atoms with Gasteiger partial charge in [0.1, 0.15) is 5.69 Å². The van der Waals surface area contributed by atoms with Crippen molar-refractivity contribution in [2.45, 2.75) is 50.2 Å². The zero-order chi connectivity index (χ0) is 42.9. The van der Waals surface area contributed by atoms with Crippen molar-refractivity contribution < 1.29 is 28.9 Å². The number of nitrogens with one attached hydrogen (secondary N) is 1. The number of amides is 2. The summed E-state index contributed by atoms with van der Waals surface area (Å²) in [4.78, 5) is 77.3. The molecule has 4 heterocycles. The van der Waals surface area contributed by atoms with Crippen molar-refractivity contribution in [3.05, 3.63) is 150 Å². The highest BCUT2D eigenvalue weighted by Gasteiger charge is 2.68. The normalized spacial score (nSPS) is 20.5. The second-order valence-corrected chi connectivity index (χ2v) is 15.6. The molecule has 0 spiro atoms. The zero-order valence-electron chi connectivity index (χ0n) is 34.1. The summed E-state index contributed by atoms with van der Waals surface area (Å²) in [6.45, 7) is 1.77. The number of carbonyl (C=O) groups excluding carboxylic acids is 2. The lowest BCUT2D eigenvalue weighted by Crippen LogP contribution is -2.53. The number of aromatic nitrogens is 5. The number of methoxy groups -OCH3 is 3. The molecule has 61 heavy (non-hydrogen) atoms. The van der Waals surface area contributed by atoms with Crippen molar-refractivity contribution in [3.63, 3.8) is 0 Å². The number of rotatable bonds is 10. The molecule has 1 aliphatic carbocycles. The molecule has 4 aromatic carbocycles. The Hall–Kier alpha value is -7.36. The molecule has 312 valence electrons. The molecule has 16 heteroatoms. The molecule has 1 saturated heterocycles. The first-order valence-corrected chi connectivity index (χ1v) is 19.8. The van der Waals surface area contributed by atoms with E-state index in [0.29, 0.717) is 44.9 Å². The van der Waals surface area contributed by atoms with Gasteiger partial charge in [-0.3, -0.25) is 19.8 Å². The summed E-state index contributed by atoms with van der Waals surface area (Å²) in [5.41, 5.74) is 4.40. The number of imide groups is 1. The van der Waals surface area contributed by atoms with Crippen LogP contribution < -0.4 is 36.6 Å². The van der Waals surface area contributed by atoms with E-state index in [2.05, 4.69) is 10.4 Å². The summed E-state index contributed by atoms with van der Waals surface area (Å²) in [5.74, 6) is -1.97. The van der Waals surface area contributed by atoms with Crippen molar-refractivity contribution in [1.82, 2.24) is 28.5 Å². The van der Waals surface area contributed by atoms with Crippen LogP contribution in [-0.2, 0) is 41.6 Å². The molecule has 2 fully saturated rings. The molecule has 16 nitrogen and oxygen atoms in total. The summed E-state index contributed by atoms with van der Waals surface area (Å²) in [6, 6.07) is 23.8. The van der Waals surface area contributed by atoms with E-state index < -0.39 is 52.0 Å². The van der Waals surface area contributed by atoms with Crippen molar-refractivity contribution in [1.29, 1.82) is 0 Å². The number of nitrogens with zero attached hydrogens (tertiary/aromatic N) is 6. The maximum absolute atomic E-state index is 15.4. The lowest BCUT2D eigenvalue weighted by Gasteiger charge is -2.49. The van der Waals surface area contributed by atoms with Crippen LogP contribution in [0.5, 0.6) is 23.0 Å². The number of anilines is 1. The third-order valence-corrected chi connectivity index (χ3v) is 12.5. The molecule has 4 unspecified atom stereocenters. The first-order chi connectivity index (χ1) is 29.4. The van der Waals surface area contributed by atoms with Crippen LogP contribution in [0.25, 0.3) is 11.0 Å². The van der Waals surface area contributed by atoms with Crippen LogP contribution >= 0.6 is 0 Å². The summed E-state index contributed by atoms with van der Waals surface area (Å²) in [5, 5.41) is 11.8. The molecule has 2 amide bonds. The number of allylic oxidation sites excluding steroid dienone is 2. The summed E-state index contributed by atoms with van der Waals surface area (Å²) < 4.78 is 21.7. The maximum atomic E-state index is 15.4. The number of hydrogen-bond acceptors (Lipinski definition) is 11. The Morgan fingerprint density at radius 3 is 2.26 bits per heavy atom. The highest BCUT2D eigenvalue weighted by atomic mass is 16.5. The Labute approximate surface area is 348 Å². The van der Waals surface area contributed by atoms with Crippen LogP contribution in [0.4, 0.5) is 5.69 Å². The minimum Gasteiger partial charge on any atom is -0.504 e. The van der Waals surface area contributed by atoms with Gasteiger partial charge in [0.05, 0.1) is 62.0 Å². The lowest BCUT2D eigenvalue weighted by molar-refractivity contribution is -0.138. The van der Waals surface area contributed by atoms with Crippen molar-refractivity contribution >= 4 is 28.5 Å². The van der Waals surface area contributed by atoms with E-state index in [9.17, 15) is 24.3 Å². The molecule has 0 radical (unpaired) electrons. The van der Waals surface area contributed by atoms with Gasteiger partial charge in [0.2, 0.25) is 0 Å². The SMILES string of the molecule is COc1cc(C2C3=CCn4c(=O)n(CCc5nc6cc(OC)c(OC)cc6n(C)c5=O)c(=O)n4C3CC3C(=O)N(Nc4ccc(C)cc4)C(=O)C32c2ccccc2)ccc1O. The molecule has 2 aromatic heterocycles. The van der Waals surface area contributed by atoms with Crippen LogP contribution in [0.1, 0.15) is 40.8 Å². The Bertz CT molecular complexity index is 2980. The highest BCUT2D eigenvalue weighted by molar-refractivity contribution is 6.12. The summed E-state index contributed by atoms with van der Waals surface area (Å²) in [7, 11) is 6.03. The van der Waals surface area contributed by atoms with E-state index in [1.165, 1.54) is 41.3 Å². The number of carbonyl (C=O) groups is 2. The monoisotopic (exact) mass is 825 g/mol. The van der Waals surface area contributed by atoms with Gasteiger partial charge in [0, 0.05) is 38.1 Å². The van der Waals surface area contributed by atoms with E-state index in [1.807, 2.05) is 55.5 Å². The third-order valence-electron chi connectivity index (χ3n) is 12.5. The van der Waals surface area contributed by atoms with Gasteiger partial charge in [-0.1, -0.05) is 60.2 Å². The van der Waals surface area contributed by atoms with Gasteiger partial charge in [-0.25, -0.2) is 28.5 Å². The smallest absolute Gasteiger partial charge is 0.347 e. The van der Waals surface area contributed by atoms with Crippen LogP contribution in [0.2, 0.25) is 0 Å². The van der Waals surface area contributed by atoms with Gasteiger partial charge in [-0.15, -0.1) is 0 Å². The van der Waals surface area contributed by atoms with E-state index in [4.69, 9.17) is 14.2 Å². The van der Waals surface area contributed by atoms with E-state index in [-0.39, 0.29) is 43.1 Å². The lowest BCUT2D eigenvalue weighted by atomic mass is 9.53. The zero-order valence-corrected chi connectivity index (χ0v) is 34.1. The topological polar surface area (TPSA) is 181 Å². The number of fused-ring (bicyclic) bond motifs is 5. The Balaban J connectivity index is 1.17. The third kappa shape index (κ3) is 5.87. The average molecular weight is 826 g/mol. The van der Waals surface area contributed by atoms with Crippen molar-refractivity contribution in [2.75, 3.05) is 26.8 Å². The Kier molecular flexibility index (Phi) is 9.44. The fraction of sp³-hybridized carbons (Fsp3) is 0.289. The van der Waals surface area contributed by atoms with Gasteiger partial charge in [-0.2, -0.15) is 5.01 Å². The largest absolute Gasteiger partial charge is 0.504 e. The first kappa shape index (κ1) is 39.1. The number of benzene rings is 4. The molecule has 2 N–H and O–H groups in total. The Morgan fingerprint density at radius 2 is 1.56 bits per heavy atom. The van der Waals surface area contributed by atoms with Crippen molar-refractivity contribution in [3.8, 4) is 23.0 Å². The van der Waals surface area contributed by atoms with Gasteiger partial charge in [-0.05, 0) is 54.3 Å². The van der Waals surface area contributed by atoms with Gasteiger partial charge in [0.15, 0.2) is 23.0 Å². The molecule has 3 aliphatic rings. The summed E-state index contributed by atoms with van der Waals surface area (Å²) in [6.07, 6.45) is 1.82. The molecule has 1 saturated carbocycles. The van der Waals surface area contributed by atoms with E-state index in [0.717, 1.165) is 15.1 Å². The minimum absolute atomic E-state index is 0.00449. The highest BCUT2D eigenvalue weighted by Crippen LogP contribution is 2.62. The molecular weight excluding hydrogens is 783 g/mol. The summed E-state index contributed by atoms with van der Waals surface area (Å²) >= 11 is 0. The van der Waals surface area contributed by atoms with E-state index >= 15 is 4.79 Å². The predicted octanol–water partition coefficient (Wildman–Crippen LogP) is 3.96. The number of phenolic OH excluding ortho intramolecular Hbond substituents is 1. The van der Waals surface area contributed by atoms with Gasteiger partial charge < -0.3 is 23.9 Å². The number of phenols is 1. The second-order valence-electron chi connectivity index (χ2n) is 15.6. The molecule has 9 rings (SSSR count). The molecule has 4 atom stereocenters. The standard InChI is InChI=1S/C45H43N7O9/c1-25-11-14-28(15-12-25)47-51-40(54)30-22-33-29(39(26-13-16-35(53)36(21-26)59-3)45(30,42(51)56)27-9-7-6-8-10-27)17-20-50-43(57)49(44(58)52(33)50)19-18-31-41(55)48(2)34-24-38(61-5)37(60-4)23-32(34)46-31/h6-17,21,23-24,30,33,39,47,53H,18-20,22H2,1-5H3. The fourth-order valence-electron chi connectivity index (χ4n) is 9.59. The quantitative estimate of drug-likeness (QED) is 0.151. The van der Waals surface area contributed by atoms with E-state index in [1.54, 1.807) is 43.4 Å². The predicted molar refractivity (Wildman–Crippen MR) is 224 cm³/mol. The molecule has 6 aromatic rings. The maximum Gasteiger partial charge on any atom is 0.347 e. The molecule has 0 bridgehead atoms. The minimum atomic E-state index is -1.52. The first-order valence-electron chi connectivity index (χ1n) is 19.8. The fourth-order valence-corrected chi connectivity index (χ4v) is 9.59. The molecular formula is C45H43N7O9. The second kappa shape index (κ2) is 14.7. The number of aryl methyl sites for hydroxylation is 3. The number of aromatic hydroxyl groups is 1. The van der Waals surface area contributed by atoms with Crippen LogP contribution in [0.15, 0.2) is 111 Å². The number of hydrazine groups is 1. The molecule has 2 aliphatic heterocycles. The van der Waals surface area contributed by atoms with Crippen LogP contribution in [0, 0.1) is 12.8 Å².